The van der Waals surface area contributed by atoms with Crippen LogP contribution in [0.2, 0.25) is 0 Å². The molecule has 2 rings (SSSR count). The lowest BCUT2D eigenvalue weighted by atomic mass is 10.0. The van der Waals surface area contributed by atoms with Gasteiger partial charge in [-0.15, -0.1) is 0 Å². The van der Waals surface area contributed by atoms with E-state index in [1.807, 2.05) is 0 Å². The molecular weight excluding hydrogens is 221 g/mol. The van der Waals surface area contributed by atoms with Gasteiger partial charge in [0.15, 0.2) is 0 Å². The highest BCUT2D eigenvalue weighted by molar-refractivity contribution is 5.92. The lowest BCUT2D eigenvalue weighted by Gasteiger charge is -2.25. The zero-order chi connectivity index (χ0) is 12.4. The average Bonchev–Trinajstić information content (AvgIpc) is 2.70. The third-order valence-corrected chi connectivity index (χ3v) is 3.33. The molecule has 0 aromatic carbocycles. The van der Waals surface area contributed by atoms with Crippen molar-refractivity contribution in [1.29, 1.82) is 0 Å². The van der Waals surface area contributed by atoms with Crippen LogP contribution >= 0.6 is 0 Å². The quantitative estimate of drug-likeness (QED) is 0.835. The number of carbonyl (C=O) groups is 1. The van der Waals surface area contributed by atoms with Crippen molar-refractivity contribution in [3.8, 4) is 0 Å². The average molecular weight is 237 g/mol. The summed E-state index contributed by atoms with van der Waals surface area (Å²) in [5, 5.41) is 0. The summed E-state index contributed by atoms with van der Waals surface area (Å²) in [5.74, 6) is -0.194. The summed E-state index contributed by atoms with van der Waals surface area (Å²) in [6.07, 6.45) is 2.01. The van der Waals surface area contributed by atoms with Crippen LogP contribution in [0.1, 0.15) is 23.8 Å². The van der Waals surface area contributed by atoms with Crippen LogP contribution in [-0.2, 0) is 0 Å². The molecule has 0 saturated carbocycles. The maximum atomic E-state index is 12.7. The Kier molecular flexibility index (Phi) is 3.38. The highest BCUT2D eigenvalue weighted by Crippen LogP contribution is 2.24. The summed E-state index contributed by atoms with van der Waals surface area (Å²) < 4.78 is 12.7. The minimum atomic E-state index is -0.438. The van der Waals surface area contributed by atoms with Crippen LogP contribution in [-0.4, -0.2) is 34.9 Å². The SMILES string of the molecule is CC1CCN(C(=O)c2ccc(F)cn2)C1CN. The number of rotatable bonds is 2. The number of likely N-dealkylation sites (tertiary alicyclic amines) is 1. The Morgan fingerprint density at radius 3 is 3.00 bits per heavy atom. The predicted octanol–water partition coefficient (Wildman–Crippen LogP) is 1.03. The fraction of sp³-hybridized carbons (Fsp3) is 0.500. The van der Waals surface area contributed by atoms with Gasteiger partial charge < -0.3 is 10.6 Å². The van der Waals surface area contributed by atoms with Gasteiger partial charge in [-0.05, 0) is 24.5 Å². The lowest BCUT2D eigenvalue weighted by molar-refractivity contribution is 0.0721. The zero-order valence-corrected chi connectivity index (χ0v) is 9.77. The smallest absolute Gasteiger partial charge is 0.272 e. The van der Waals surface area contributed by atoms with Gasteiger partial charge >= 0.3 is 0 Å². The molecule has 0 aliphatic carbocycles. The molecule has 0 bridgehead atoms. The van der Waals surface area contributed by atoms with Gasteiger partial charge in [-0.3, -0.25) is 4.79 Å². The van der Waals surface area contributed by atoms with Gasteiger partial charge in [-0.2, -0.15) is 0 Å². The molecule has 1 aliphatic heterocycles. The van der Waals surface area contributed by atoms with Crippen LogP contribution in [0.3, 0.4) is 0 Å². The largest absolute Gasteiger partial charge is 0.333 e. The molecule has 1 aliphatic rings. The van der Waals surface area contributed by atoms with Crippen LogP contribution in [0.15, 0.2) is 18.3 Å². The molecular formula is C12H16FN3O. The molecule has 1 fully saturated rings. The molecule has 1 aromatic heterocycles. The number of hydrogen-bond acceptors (Lipinski definition) is 3. The van der Waals surface area contributed by atoms with Gasteiger partial charge in [0.2, 0.25) is 0 Å². The van der Waals surface area contributed by atoms with Gasteiger partial charge in [0.1, 0.15) is 11.5 Å². The van der Waals surface area contributed by atoms with Crippen molar-refractivity contribution in [1.82, 2.24) is 9.88 Å². The van der Waals surface area contributed by atoms with Crippen LogP contribution in [0, 0.1) is 11.7 Å². The number of halogens is 1. The van der Waals surface area contributed by atoms with Crippen LogP contribution in [0.4, 0.5) is 4.39 Å². The van der Waals surface area contributed by atoms with E-state index < -0.39 is 5.82 Å². The van der Waals surface area contributed by atoms with E-state index in [0.717, 1.165) is 12.6 Å². The van der Waals surface area contributed by atoms with Gasteiger partial charge in [0.05, 0.1) is 6.20 Å². The maximum absolute atomic E-state index is 12.7. The molecule has 5 heteroatoms. The van der Waals surface area contributed by atoms with E-state index >= 15 is 0 Å². The fourth-order valence-corrected chi connectivity index (χ4v) is 2.27. The fourth-order valence-electron chi connectivity index (χ4n) is 2.27. The normalized spacial score (nSPS) is 24.1. The van der Waals surface area contributed by atoms with E-state index in [4.69, 9.17) is 5.73 Å². The molecule has 2 atom stereocenters. The van der Waals surface area contributed by atoms with E-state index in [0.29, 0.717) is 19.0 Å². The van der Waals surface area contributed by atoms with Crippen molar-refractivity contribution in [2.75, 3.05) is 13.1 Å². The van der Waals surface area contributed by atoms with Crippen molar-refractivity contribution in [3.63, 3.8) is 0 Å². The molecule has 1 amide bonds. The summed E-state index contributed by atoms with van der Waals surface area (Å²) in [6, 6.07) is 2.72. The van der Waals surface area contributed by atoms with Crippen molar-refractivity contribution in [2.24, 2.45) is 11.7 Å². The number of aromatic nitrogens is 1. The van der Waals surface area contributed by atoms with Crippen molar-refractivity contribution in [2.45, 2.75) is 19.4 Å². The molecule has 1 saturated heterocycles. The van der Waals surface area contributed by atoms with E-state index in [1.54, 1.807) is 4.90 Å². The first kappa shape index (κ1) is 12.0. The minimum absolute atomic E-state index is 0.0642. The topological polar surface area (TPSA) is 59.2 Å². The number of nitrogens with zero attached hydrogens (tertiary/aromatic N) is 2. The molecule has 2 N–H and O–H groups in total. The third-order valence-electron chi connectivity index (χ3n) is 3.33. The molecule has 92 valence electrons. The van der Waals surface area contributed by atoms with E-state index in [2.05, 4.69) is 11.9 Å². The Morgan fingerprint density at radius 1 is 1.65 bits per heavy atom. The molecule has 2 unspecified atom stereocenters. The Bertz CT molecular complexity index is 407. The maximum Gasteiger partial charge on any atom is 0.272 e. The van der Waals surface area contributed by atoms with Crippen molar-refractivity contribution < 1.29 is 9.18 Å². The molecule has 17 heavy (non-hydrogen) atoms. The van der Waals surface area contributed by atoms with Crippen LogP contribution in [0.5, 0.6) is 0 Å². The standard InChI is InChI=1S/C12H16FN3O/c1-8-4-5-16(11(8)6-14)12(17)10-3-2-9(13)7-15-10/h2-3,7-8,11H,4-6,14H2,1H3. The monoisotopic (exact) mass is 237 g/mol. The molecule has 2 heterocycles. The summed E-state index contributed by atoms with van der Waals surface area (Å²) >= 11 is 0. The Labute approximate surface area is 99.6 Å². The summed E-state index contributed by atoms with van der Waals surface area (Å²) in [4.78, 5) is 17.7. The van der Waals surface area contributed by atoms with Crippen molar-refractivity contribution >= 4 is 5.91 Å². The first-order valence-corrected chi connectivity index (χ1v) is 5.76. The molecule has 0 radical (unpaired) electrons. The Morgan fingerprint density at radius 2 is 2.41 bits per heavy atom. The van der Waals surface area contributed by atoms with Crippen LogP contribution < -0.4 is 5.73 Å². The van der Waals surface area contributed by atoms with Gasteiger partial charge in [0.25, 0.3) is 5.91 Å². The van der Waals surface area contributed by atoms with Gasteiger partial charge in [-0.1, -0.05) is 6.92 Å². The van der Waals surface area contributed by atoms with E-state index in [9.17, 15) is 9.18 Å². The third kappa shape index (κ3) is 2.29. The molecule has 0 spiro atoms. The van der Waals surface area contributed by atoms with Crippen molar-refractivity contribution in [3.05, 3.63) is 29.8 Å². The predicted molar refractivity (Wildman–Crippen MR) is 61.9 cm³/mol. The summed E-state index contributed by atoms with van der Waals surface area (Å²) in [5.41, 5.74) is 5.96. The van der Waals surface area contributed by atoms with Gasteiger partial charge in [-0.25, -0.2) is 9.37 Å². The summed E-state index contributed by atoms with van der Waals surface area (Å²) in [7, 11) is 0. The highest BCUT2D eigenvalue weighted by Gasteiger charge is 2.34. The Hall–Kier alpha value is -1.49. The minimum Gasteiger partial charge on any atom is -0.333 e. The number of hydrogen-bond donors (Lipinski definition) is 1. The number of carbonyl (C=O) groups excluding carboxylic acids is 1. The molecule has 1 aromatic rings. The Balaban J connectivity index is 2.17. The second-order valence-corrected chi connectivity index (χ2v) is 4.43. The first-order chi connectivity index (χ1) is 8.13. The second kappa shape index (κ2) is 4.79. The second-order valence-electron chi connectivity index (χ2n) is 4.43. The summed E-state index contributed by atoms with van der Waals surface area (Å²) in [6.45, 7) is 3.23. The molecule has 4 nitrogen and oxygen atoms in total. The van der Waals surface area contributed by atoms with E-state index in [1.165, 1.54) is 12.1 Å². The highest BCUT2D eigenvalue weighted by atomic mass is 19.1. The van der Waals surface area contributed by atoms with Gasteiger partial charge in [0, 0.05) is 19.1 Å². The first-order valence-electron chi connectivity index (χ1n) is 5.76. The number of pyridine rings is 1. The zero-order valence-electron chi connectivity index (χ0n) is 9.77. The number of nitrogens with two attached hydrogens (primary N) is 1. The lowest BCUT2D eigenvalue weighted by Crippen LogP contribution is -2.42. The van der Waals surface area contributed by atoms with Crippen LogP contribution in [0.25, 0.3) is 0 Å². The van der Waals surface area contributed by atoms with E-state index in [-0.39, 0.29) is 17.6 Å². The number of amides is 1.